The van der Waals surface area contributed by atoms with E-state index in [0.717, 1.165) is 14.7 Å². The minimum atomic E-state index is -2.03. The number of likely N-dealkylation sites (tertiary alicyclic amines) is 1. The number of ether oxygens (including phenoxy) is 1. The van der Waals surface area contributed by atoms with Gasteiger partial charge in [0, 0.05) is 14.7 Å². The van der Waals surface area contributed by atoms with Crippen LogP contribution in [-0.2, 0) is 20.9 Å². The summed E-state index contributed by atoms with van der Waals surface area (Å²) < 4.78 is 7.29. The van der Waals surface area contributed by atoms with Crippen molar-refractivity contribution in [2.75, 3.05) is 0 Å². The minimum absolute atomic E-state index is 0.0791. The first-order valence-corrected chi connectivity index (χ1v) is 12.4. The van der Waals surface area contributed by atoms with Crippen molar-refractivity contribution in [3.8, 4) is 0 Å². The predicted octanol–water partition coefficient (Wildman–Crippen LogP) is 4.29. The lowest BCUT2D eigenvalue weighted by Crippen LogP contribution is -2.50. The van der Waals surface area contributed by atoms with Crippen molar-refractivity contribution in [1.82, 2.24) is 4.90 Å². The number of ketones is 2. The van der Waals surface area contributed by atoms with Crippen molar-refractivity contribution in [2.45, 2.75) is 25.2 Å². The van der Waals surface area contributed by atoms with Gasteiger partial charge in [-0.05, 0) is 52.8 Å². The molecule has 6 rings (SSSR count). The molecule has 0 N–H and O–H groups in total. The second kappa shape index (κ2) is 7.93. The molecule has 3 aromatic carbocycles. The Morgan fingerprint density at radius 2 is 1.43 bits per heavy atom. The van der Waals surface area contributed by atoms with Crippen LogP contribution in [0, 0.1) is 22.3 Å². The van der Waals surface area contributed by atoms with E-state index in [1.165, 1.54) is 4.90 Å². The van der Waals surface area contributed by atoms with Crippen molar-refractivity contribution < 1.29 is 23.9 Å². The highest BCUT2D eigenvalue weighted by molar-refractivity contribution is 14.1. The van der Waals surface area contributed by atoms with E-state index in [0.29, 0.717) is 5.56 Å². The summed E-state index contributed by atoms with van der Waals surface area (Å²) in [5.41, 5.74) is 0.957. The van der Waals surface area contributed by atoms with Crippen molar-refractivity contribution >= 4 is 46.0 Å². The summed E-state index contributed by atoms with van der Waals surface area (Å²) in [4.78, 5) is 56.2. The van der Waals surface area contributed by atoms with Gasteiger partial charge in [0.25, 0.3) is 0 Å². The van der Waals surface area contributed by atoms with Gasteiger partial charge in [-0.2, -0.15) is 0 Å². The monoisotopic (exact) mass is 577 g/mol. The maximum Gasteiger partial charge on any atom is 0.237 e. The summed E-state index contributed by atoms with van der Waals surface area (Å²) in [6.07, 6.45) is -0.890. The Labute approximate surface area is 215 Å². The number of halogens is 1. The number of hydrogen-bond acceptors (Lipinski definition) is 5. The average molecular weight is 577 g/mol. The number of carbonyl (C=O) groups is 4. The van der Waals surface area contributed by atoms with Gasteiger partial charge in [0.1, 0.15) is 0 Å². The van der Waals surface area contributed by atoms with Gasteiger partial charge in [-0.15, -0.1) is 0 Å². The number of amides is 2. The molecule has 3 aliphatic rings. The smallest absolute Gasteiger partial charge is 0.237 e. The summed E-state index contributed by atoms with van der Waals surface area (Å²) in [5, 5.41) is 0. The Morgan fingerprint density at radius 1 is 0.829 bits per heavy atom. The predicted molar refractivity (Wildman–Crippen MR) is 135 cm³/mol. The minimum Gasteiger partial charge on any atom is -0.349 e. The highest BCUT2D eigenvalue weighted by atomic mass is 127. The lowest BCUT2D eigenvalue weighted by atomic mass is 9.77. The van der Waals surface area contributed by atoms with Crippen molar-refractivity contribution in [1.29, 1.82) is 0 Å². The SMILES string of the molecule is Cc1ccc(CN2C(=O)C3C(c4ccc(I)cc4)OC4(C(=O)c5ccccc5C4=O)C3C2=O)cc1. The topological polar surface area (TPSA) is 80.8 Å². The quantitative estimate of drug-likeness (QED) is 0.264. The van der Waals surface area contributed by atoms with Crippen LogP contribution in [0.1, 0.15) is 43.5 Å². The number of benzene rings is 3. The Morgan fingerprint density at radius 3 is 2.03 bits per heavy atom. The number of hydrogen-bond donors (Lipinski definition) is 0. The second-order valence-electron chi connectivity index (χ2n) is 9.28. The fraction of sp³-hybridized carbons (Fsp3) is 0.214. The molecule has 3 atom stereocenters. The number of carbonyl (C=O) groups excluding carboxylic acids is 4. The third-order valence-electron chi connectivity index (χ3n) is 7.27. The number of Topliss-reactive ketones (excluding diaryl/α,β-unsaturated/α-hetero) is 2. The van der Waals surface area contributed by atoms with Gasteiger partial charge >= 0.3 is 0 Å². The maximum absolute atomic E-state index is 13.8. The van der Waals surface area contributed by atoms with Gasteiger partial charge in [0.2, 0.25) is 29.0 Å². The largest absolute Gasteiger partial charge is 0.349 e. The normalized spacial score (nSPS) is 24.4. The molecular weight excluding hydrogens is 557 g/mol. The molecule has 3 unspecified atom stereocenters. The summed E-state index contributed by atoms with van der Waals surface area (Å²) in [7, 11) is 0. The standard InChI is InChI=1S/C28H20INO5/c1-15-6-8-16(9-7-15)14-30-26(33)21-22(27(30)34)28(35-23(21)17-10-12-18(29)13-11-17)24(31)19-4-2-3-5-20(19)25(28)32/h2-13,21-23H,14H2,1H3. The zero-order chi connectivity index (χ0) is 24.5. The molecule has 2 aliphatic heterocycles. The molecule has 1 spiro atoms. The van der Waals surface area contributed by atoms with Gasteiger partial charge in [0.15, 0.2) is 0 Å². The Hall–Kier alpha value is -3.17. The van der Waals surface area contributed by atoms with Gasteiger partial charge in [-0.1, -0.05) is 66.2 Å². The fourth-order valence-electron chi connectivity index (χ4n) is 5.56. The van der Waals surface area contributed by atoms with E-state index in [1.54, 1.807) is 24.3 Å². The molecule has 174 valence electrons. The van der Waals surface area contributed by atoms with Gasteiger partial charge < -0.3 is 4.74 Å². The summed E-state index contributed by atoms with van der Waals surface area (Å²) in [6, 6.07) is 21.5. The number of imide groups is 1. The molecule has 0 bridgehead atoms. The molecule has 6 nitrogen and oxygen atoms in total. The molecule has 0 saturated carbocycles. The van der Waals surface area contributed by atoms with Crippen molar-refractivity contribution in [3.05, 3.63) is 104 Å². The van der Waals surface area contributed by atoms with E-state index >= 15 is 0 Å². The Bertz CT molecular complexity index is 1380. The van der Waals surface area contributed by atoms with E-state index in [-0.39, 0.29) is 17.7 Å². The van der Waals surface area contributed by atoms with Gasteiger partial charge in [-0.3, -0.25) is 24.1 Å². The fourth-order valence-corrected chi connectivity index (χ4v) is 5.92. The molecule has 0 radical (unpaired) electrons. The number of aryl methyl sites for hydroxylation is 1. The first kappa shape index (κ1) is 22.3. The molecule has 3 aromatic rings. The van der Waals surface area contributed by atoms with Gasteiger partial charge in [-0.25, -0.2) is 0 Å². The van der Waals surface area contributed by atoms with Crippen molar-refractivity contribution in [2.24, 2.45) is 11.8 Å². The second-order valence-corrected chi connectivity index (χ2v) is 10.5. The lowest BCUT2D eigenvalue weighted by molar-refractivity contribution is -0.145. The highest BCUT2D eigenvalue weighted by Gasteiger charge is 2.74. The Kier molecular flexibility index (Phi) is 5.05. The maximum atomic E-state index is 13.8. The molecule has 0 aromatic heterocycles. The van der Waals surface area contributed by atoms with E-state index in [4.69, 9.17) is 4.74 Å². The zero-order valence-electron chi connectivity index (χ0n) is 18.7. The van der Waals surface area contributed by atoms with Crippen LogP contribution in [0.2, 0.25) is 0 Å². The average Bonchev–Trinajstić information content (AvgIpc) is 3.42. The van der Waals surface area contributed by atoms with Crippen molar-refractivity contribution in [3.63, 3.8) is 0 Å². The molecule has 2 amide bonds. The number of nitrogens with zero attached hydrogens (tertiary/aromatic N) is 1. The van der Waals surface area contributed by atoms with Crippen LogP contribution in [-0.4, -0.2) is 33.9 Å². The Balaban J connectivity index is 1.48. The molecular formula is C28H20INO5. The molecule has 2 fully saturated rings. The molecule has 2 saturated heterocycles. The van der Waals surface area contributed by atoms with Crippen LogP contribution < -0.4 is 0 Å². The zero-order valence-corrected chi connectivity index (χ0v) is 20.9. The molecule has 7 heteroatoms. The van der Waals surface area contributed by atoms with E-state index in [9.17, 15) is 19.2 Å². The third-order valence-corrected chi connectivity index (χ3v) is 7.99. The summed E-state index contributed by atoms with van der Waals surface area (Å²) >= 11 is 2.18. The van der Waals surface area contributed by atoms with Gasteiger partial charge in [0.05, 0.1) is 24.5 Å². The van der Waals surface area contributed by atoms with E-state index in [1.807, 2.05) is 55.5 Å². The lowest BCUT2D eigenvalue weighted by Gasteiger charge is -2.27. The van der Waals surface area contributed by atoms with Crippen LogP contribution in [0.3, 0.4) is 0 Å². The molecule has 2 heterocycles. The number of rotatable bonds is 3. The van der Waals surface area contributed by atoms with Crippen LogP contribution >= 0.6 is 22.6 Å². The first-order chi connectivity index (χ1) is 16.8. The van der Waals surface area contributed by atoms with E-state index < -0.39 is 46.9 Å². The summed E-state index contributed by atoms with van der Waals surface area (Å²) in [5.74, 6) is -4.22. The first-order valence-electron chi connectivity index (χ1n) is 11.4. The van der Waals surface area contributed by atoms with Crippen LogP contribution in [0.5, 0.6) is 0 Å². The van der Waals surface area contributed by atoms with E-state index in [2.05, 4.69) is 22.6 Å². The number of fused-ring (bicyclic) bond motifs is 3. The third kappa shape index (κ3) is 3.11. The highest BCUT2D eigenvalue weighted by Crippen LogP contribution is 2.57. The van der Waals surface area contributed by atoms with Crippen LogP contribution in [0.4, 0.5) is 0 Å². The molecule has 1 aliphatic carbocycles. The molecule has 35 heavy (non-hydrogen) atoms. The van der Waals surface area contributed by atoms with Crippen LogP contribution in [0.25, 0.3) is 0 Å². The summed E-state index contributed by atoms with van der Waals surface area (Å²) in [6.45, 7) is 2.04. The van der Waals surface area contributed by atoms with Crippen LogP contribution in [0.15, 0.2) is 72.8 Å².